The normalized spacial score (nSPS) is 10.3. The fourth-order valence-electron chi connectivity index (χ4n) is 1.54. The average molecular weight is 178 g/mol. The highest BCUT2D eigenvalue weighted by molar-refractivity contribution is 4.96. The summed E-state index contributed by atoms with van der Waals surface area (Å²) in [5.74, 6) is 0. The number of nitrogens with zero attached hydrogens (tertiary/aromatic N) is 1. The van der Waals surface area contributed by atoms with Crippen LogP contribution in [0.15, 0.2) is 24.4 Å². The van der Waals surface area contributed by atoms with E-state index < -0.39 is 0 Å². The van der Waals surface area contributed by atoms with Gasteiger partial charge in [-0.1, -0.05) is 26.3 Å². The molecular weight excluding hydrogens is 158 g/mol. The predicted octanol–water partition coefficient (Wildman–Crippen LogP) is 2.73. The van der Waals surface area contributed by atoms with E-state index >= 15 is 0 Å². The van der Waals surface area contributed by atoms with Crippen molar-refractivity contribution in [1.82, 2.24) is 0 Å². The molecule has 1 nitrogen and oxygen atoms in total. The Morgan fingerprint density at radius 3 is 2.69 bits per heavy atom. The van der Waals surface area contributed by atoms with Crippen molar-refractivity contribution >= 4 is 0 Å². The molecule has 0 unspecified atom stereocenters. The van der Waals surface area contributed by atoms with E-state index in [2.05, 4.69) is 42.8 Å². The zero-order valence-electron chi connectivity index (χ0n) is 8.79. The van der Waals surface area contributed by atoms with E-state index in [-0.39, 0.29) is 0 Å². The predicted molar refractivity (Wildman–Crippen MR) is 55.5 cm³/mol. The van der Waals surface area contributed by atoms with Crippen molar-refractivity contribution in [2.75, 3.05) is 0 Å². The molecule has 1 rings (SSSR count). The highest BCUT2D eigenvalue weighted by Crippen LogP contribution is 1.97. The van der Waals surface area contributed by atoms with Gasteiger partial charge in [0, 0.05) is 25.0 Å². The van der Waals surface area contributed by atoms with Crippen LogP contribution in [0, 0.1) is 0 Å². The second kappa shape index (κ2) is 5.74. The Morgan fingerprint density at radius 2 is 2.00 bits per heavy atom. The summed E-state index contributed by atoms with van der Waals surface area (Å²) in [6.45, 7) is 5.65. The molecule has 0 spiro atoms. The number of hydrogen-bond acceptors (Lipinski definition) is 0. The molecule has 13 heavy (non-hydrogen) atoms. The van der Waals surface area contributed by atoms with Gasteiger partial charge in [-0.25, -0.2) is 4.57 Å². The van der Waals surface area contributed by atoms with Gasteiger partial charge in [0.1, 0.15) is 6.54 Å². The number of unbranched alkanes of at least 4 members (excludes halogenated alkanes) is 1. The van der Waals surface area contributed by atoms with Gasteiger partial charge in [-0.2, -0.15) is 0 Å². The Balaban J connectivity index is 2.66. The minimum Gasteiger partial charge on any atom is -0.202 e. The van der Waals surface area contributed by atoms with E-state index in [1.807, 2.05) is 0 Å². The van der Waals surface area contributed by atoms with Crippen LogP contribution < -0.4 is 4.57 Å². The smallest absolute Gasteiger partial charge is 0.181 e. The largest absolute Gasteiger partial charge is 0.202 e. The van der Waals surface area contributed by atoms with E-state index in [1.54, 1.807) is 0 Å². The molecule has 0 atom stereocenters. The van der Waals surface area contributed by atoms with E-state index in [1.165, 1.54) is 37.9 Å². The molecule has 0 aliphatic rings. The maximum Gasteiger partial charge on any atom is 0.181 e. The number of aromatic nitrogens is 1. The minimum atomic E-state index is 1.17. The monoisotopic (exact) mass is 178 g/mol. The van der Waals surface area contributed by atoms with Gasteiger partial charge < -0.3 is 0 Å². The van der Waals surface area contributed by atoms with Gasteiger partial charge in [0.15, 0.2) is 11.9 Å². The lowest BCUT2D eigenvalue weighted by molar-refractivity contribution is -0.704. The molecule has 0 radical (unpaired) electrons. The first-order valence-corrected chi connectivity index (χ1v) is 5.35. The molecule has 0 amide bonds. The number of pyridine rings is 1. The first-order valence-electron chi connectivity index (χ1n) is 5.35. The molecule has 1 aromatic heterocycles. The van der Waals surface area contributed by atoms with E-state index in [0.29, 0.717) is 0 Å². The summed E-state index contributed by atoms with van der Waals surface area (Å²) < 4.78 is 2.38. The molecule has 0 aromatic carbocycles. The zero-order valence-corrected chi connectivity index (χ0v) is 8.79. The molecule has 0 bridgehead atoms. The molecule has 72 valence electrons. The van der Waals surface area contributed by atoms with Crippen molar-refractivity contribution in [3.63, 3.8) is 0 Å². The fraction of sp³-hybridized carbons (Fsp3) is 0.583. The number of rotatable bonds is 5. The third-order valence-electron chi connectivity index (χ3n) is 2.29. The first-order chi connectivity index (χ1) is 6.38. The molecule has 1 aromatic rings. The second-order valence-corrected chi connectivity index (χ2v) is 3.49. The molecular formula is C12H20N+. The Labute approximate surface area is 81.4 Å². The van der Waals surface area contributed by atoms with Crippen LogP contribution in [0.4, 0.5) is 0 Å². The Kier molecular flexibility index (Phi) is 4.52. The summed E-state index contributed by atoms with van der Waals surface area (Å²) in [6.07, 6.45) is 7.18. The molecule has 0 aliphatic heterocycles. The quantitative estimate of drug-likeness (QED) is 0.610. The molecule has 0 saturated heterocycles. The SMILES string of the molecule is CCCC[n+]1ccccc1CCC. The topological polar surface area (TPSA) is 3.88 Å². The van der Waals surface area contributed by atoms with Crippen LogP contribution in [-0.2, 0) is 13.0 Å². The van der Waals surface area contributed by atoms with Crippen molar-refractivity contribution < 1.29 is 4.57 Å². The van der Waals surface area contributed by atoms with E-state index in [0.717, 1.165) is 0 Å². The van der Waals surface area contributed by atoms with Gasteiger partial charge in [-0.15, -0.1) is 0 Å². The zero-order chi connectivity index (χ0) is 9.52. The van der Waals surface area contributed by atoms with Crippen LogP contribution in [-0.4, -0.2) is 0 Å². The second-order valence-electron chi connectivity index (χ2n) is 3.49. The third kappa shape index (κ3) is 3.17. The number of aryl methyl sites for hydroxylation is 2. The van der Waals surface area contributed by atoms with Crippen molar-refractivity contribution in [2.45, 2.75) is 46.1 Å². The molecule has 1 heterocycles. The minimum absolute atomic E-state index is 1.17. The van der Waals surface area contributed by atoms with Gasteiger partial charge in [0.05, 0.1) is 0 Å². The van der Waals surface area contributed by atoms with Crippen molar-refractivity contribution in [2.24, 2.45) is 0 Å². The lowest BCUT2D eigenvalue weighted by atomic mass is 10.2. The van der Waals surface area contributed by atoms with Crippen molar-refractivity contribution in [3.05, 3.63) is 30.1 Å². The Bertz CT molecular complexity index is 243. The standard InChI is InChI=1S/C12H20N/c1-3-5-10-13-11-7-6-9-12(13)8-4-2/h6-7,9,11H,3-5,8,10H2,1-2H3/q+1. The van der Waals surface area contributed by atoms with Crippen LogP contribution in [0.25, 0.3) is 0 Å². The summed E-state index contributed by atoms with van der Waals surface area (Å²) in [4.78, 5) is 0. The van der Waals surface area contributed by atoms with Crippen molar-refractivity contribution in [3.8, 4) is 0 Å². The first kappa shape index (κ1) is 10.2. The van der Waals surface area contributed by atoms with Crippen LogP contribution in [0.5, 0.6) is 0 Å². The third-order valence-corrected chi connectivity index (χ3v) is 2.29. The van der Waals surface area contributed by atoms with Crippen LogP contribution in [0.2, 0.25) is 0 Å². The lowest BCUT2D eigenvalue weighted by Crippen LogP contribution is -2.37. The van der Waals surface area contributed by atoms with E-state index in [4.69, 9.17) is 0 Å². The molecule has 0 N–H and O–H groups in total. The Morgan fingerprint density at radius 1 is 1.15 bits per heavy atom. The average Bonchev–Trinajstić information content (AvgIpc) is 2.17. The molecule has 1 heteroatoms. The fourth-order valence-corrected chi connectivity index (χ4v) is 1.54. The van der Waals surface area contributed by atoms with Gasteiger partial charge in [-0.3, -0.25) is 0 Å². The summed E-state index contributed by atoms with van der Waals surface area (Å²) in [6, 6.07) is 6.49. The maximum absolute atomic E-state index is 2.38. The van der Waals surface area contributed by atoms with Gasteiger partial charge >= 0.3 is 0 Å². The molecule has 0 saturated carbocycles. The highest BCUT2D eigenvalue weighted by Gasteiger charge is 2.06. The van der Waals surface area contributed by atoms with Crippen LogP contribution >= 0.6 is 0 Å². The number of hydrogen-bond donors (Lipinski definition) is 0. The van der Waals surface area contributed by atoms with Crippen LogP contribution in [0.3, 0.4) is 0 Å². The molecule has 0 aliphatic carbocycles. The lowest BCUT2D eigenvalue weighted by Gasteiger charge is -2.01. The van der Waals surface area contributed by atoms with Gasteiger partial charge in [0.2, 0.25) is 0 Å². The Hall–Kier alpha value is -0.850. The summed E-state index contributed by atoms with van der Waals surface area (Å²) in [5.41, 5.74) is 1.47. The van der Waals surface area contributed by atoms with E-state index in [9.17, 15) is 0 Å². The highest BCUT2D eigenvalue weighted by atomic mass is 14.9. The van der Waals surface area contributed by atoms with Gasteiger partial charge in [-0.05, 0) is 6.42 Å². The molecule has 0 fully saturated rings. The van der Waals surface area contributed by atoms with Crippen LogP contribution in [0.1, 0.15) is 38.8 Å². The summed E-state index contributed by atoms with van der Waals surface area (Å²) in [7, 11) is 0. The summed E-state index contributed by atoms with van der Waals surface area (Å²) in [5, 5.41) is 0. The maximum atomic E-state index is 2.38. The van der Waals surface area contributed by atoms with Crippen molar-refractivity contribution in [1.29, 1.82) is 0 Å². The van der Waals surface area contributed by atoms with Gasteiger partial charge in [0.25, 0.3) is 0 Å². The summed E-state index contributed by atoms with van der Waals surface area (Å²) >= 11 is 0.